The highest BCUT2D eigenvalue weighted by Crippen LogP contribution is 2.07. The van der Waals surface area contributed by atoms with Gasteiger partial charge in [0.05, 0.1) is 6.42 Å². The third kappa shape index (κ3) is 6.88. The van der Waals surface area contributed by atoms with Crippen molar-refractivity contribution in [1.29, 1.82) is 0 Å². The number of amides is 4. The molecule has 0 heterocycles. The van der Waals surface area contributed by atoms with Gasteiger partial charge in [-0.05, 0) is 38.0 Å². The number of hydrogen-bond donors (Lipinski definition) is 4. The second-order valence-electron chi connectivity index (χ2n) is 6.41. The zero-order valence-corrected chi connectivity index (χ0v) is 14.7. The Balaban J connectivity index is 2.79. The first-order valence-corrected chi connectivity index (χ1v) is 7.95. The van der Waals surface area contributed by atoms with Crippen LogP contribution in [0.1, 0.15) is 32.3 Å². The summed E-state index contributed by atoms with van der Waals surface area (Å²) in [6, 6.07) is 4.26. The van der Waals surface area contributed by atoms with Crippen LogP contribution >= 0.6 is 0 Å². The smallest absolute Gasteiger partial charge is 0.243 e. The van der Waals surface area contributed by atoms with Gasteiger partial charge in [-0.3, -0.25) is 19.2 Å². The Morgan fingerprint density at radius 2 is 1.69 bits per heavy atom. The standard InChI is InChI=1S/C17H23FN4O4/c1-17(2,16(20)26)22-15(25)12(7-8-13(19)23)21-14(24)9-10-3-5-11(18)6-4-10/h3-6,12H,7-9H2,1-2H3,(H2,19,23)(H2,20,26)(H,21,24)(H,22,25)/t12-/m1/s1. The van der Waals surface area contributed by atoms with Crippen molar-refractivity contribution in [3.8, 4) is 0 Å². The predicted molar refractivity (Wildman–Crippen MR) is 91.9 cm³/mol. The molecule has 0 aliphatic rings. The van der Waals surface area contributed by atoms with Crippen LogP contribution in [-0.4, -0.2) is 35.2 Å². The molecule has 0 bridgehead atoms. The lowest BCUT2D eigenvalue weighted by atomic mass is 10.0. The molecule has 0 radical (unpaired) electrons. The van der Waals surface area contributed by atoms with Gasteiger partial charge in [0, 0.05) is 6.42 Å². The summed E-state index contributed by atoms with van der Waals surface area (Å²) in [4.78, 5) is 46.9. The highest BCUT2D eigenvalue weighted by molar-refractivity contribution is 5.94. The molecule has 1 aromatic carbocycles. The Labute approximate surface area is 150 Å². The predicted octanol–water partition coefficient (Wildman–Crippen LogP) is -0.501. The Bertz CT molecular complexity index is 689. The number of benzene rings is 1. The number of nitrogens with two attached hydrogens (primary N) is 2. The van der Waals surface area contributed by atoms with Gasteiger partial charge in [-0.1, -0.05) is 12.1 Å². The van der Waals surface area contributed by atoms with Crippen LogP contribution in [0, 0.1) is 5.82 Å². The minimum atomic E-state index is -1.33. The molecule has 1 rings (SSSR count). The molecule has 0 saturated heterocycles. The Kier molecular flexibility index (Phi) is 7.24. The van der Waals surface area contributed by atoms with Crippen molar-refractivity contribution >= 4 is 23.6 Å². The second kappa shape index (κ2) is 8.93. The highest BCUT2D eigenvalue weighted by Gasteiger charge is 2.31. The molecule has 6 N–H and O–H groups in total. The molecule has 8 nitrogen and oxygen atoms in total. The summed E-state index contributed by atoms with van der Waals surface area (Å²) in [7, 11) is 0. The molecule has 1 atom stereocenters. The first-order chi connectivity index (χ1) is 12.0. The number of primary amides is 2. The van der Waals surface area contributed by atoms with Crippen LogP contribution in [0.15, 0.2) is 24.3 Å². The summed E-state index contributed by atoms with van der Waals surface area (Å²) in [5, 5.41) is 4.92. The van der Waals surface area contributed by atoms with Gasteiger partial charge in [0.15, 0.2) is 0 Å². The van der Waals surface area contributed by atoms with E-state index < -0.39 is 41.0 Å². The van der Waals surface area contributed by atoms with Gasteiger partial charge < -0.3 is 22.1 Å². The molecular formula is C17H23FN4O4. The van der Waals surface area contributed by atoms with Crippen LogP contribution in [0.3, 0.4) is 0 Å². The van der Waals surface area contributed by atoms with Gasteiger partial charge in [-0.2, -0.15) is 0 Å². The molecular weight excluding hydrogens is 343 g/mol. The lowest BCUT2D eigenvalue weighted by Gasteiger charge is -2.26. The summed E-state index contributed by atoms with van der Waals surface area (Å²) in [5.41, 5.74) is 9.52. The third-order valence-corrected chi connectivity index (χ3v) is 3.66. The molecule has 0 aliphatic heterocycles. The van der Waals surface area contributed by atoms with E-state index in [9.17, 15) is 23.6 Å². The first-order valence-electron chi connectivity index (χ1n) is 7.95. The minimum Gasteiger partial charge on any atom is -0.370 e. The molecule has 4 amide bonds. The van der Waals surface area contributed by atoms with Crippen molar-refractivity contribution in [2.45, 2.75) is 44.7 Å². The van der Waals surface area contributed by atoms with Crippen LogP contribution in [0.5, 0.6) is 0 Å². The van der Waals surface area contributed by atoms with Gasteiger partial charge in [0.2, 0.25) is 23.6 Å². The first kappa shape index (κ1) is 21.1. The van der Waals surface area contributed by atoms with Crippen LogP contribution in [-0.2, 0) is 25.6 Å². The lowest BCUT2D eigenvalue weighted by molar-refractivity contribution is -0.133. The Morgan fingerprint density at radius 1 is 1.12 bits per heavy atom. The summed E-state index contributed by atoms with van der Waals surface area (Å²) in [6.45, 7) is 2.83. The van der Waals surface area contributed by atoms with Crippen molar-refractivity contribution in [2.75, 3.05) is 0 Å². The topological polar surface area (TPSA) is 144 Å². The number of nitrogens with one attached hydrogen (secondary N) is 2. The maximum atomic E-state index is 12.9. The SMILES string of the molecule is CC(C)(NC(=O)[C@@H](CCC(N)=O)NC(=O)Cc1ccc(F)cc1)C(N)=O. The van der Waals surface area contributed by atoms with E-state index >= 15 is 0 Å². The average Bonchev–Trinajstić information content (AvgIpc) is 2.52. The number of hydrogen-bond acceptors (Lipinski definition) is 4. The summed E-state index contributed by atoms with van der Waals surface area (Å²) in [6.07, 6.45) is -0.253. The zero-order valence-electron chi connectivity index (χ0n) is 14.7. The molecule has 0 unspecified atom stereocenters. The minimum absolute atomic E-state index is 0.0365. The lowest BCUT2D eigenvalue weighted by Crippen LogP contribution is -2.58. The van der Waals surface area contributed by atoms with Crippen molar-refractivity contribution in [2.24, 2.45) is 11.5 Å². The third-order valence-electron chi connectivity index (χ3n) is 3.66. The van der Waals surface area contributed by atoms with Gasteiger partial charge in [-0.25, -0.2) is 4.39 Å². The van der Waals surface area contributed by atoms with Crippen LogP contribution in [0.4, 0.5) is 4.39 Å². The number of rotatable bonds is 9. The molecule has 0 aliphatic carbocycles. The van der Waals surface area contributed by atoms with Crippen LogP contribution < -0.4 is 22.1 Å². The number of halogens is 1. The van der Waals surface area contributed by atoms with Crippen LogP contribution in [0.25, 0.3) is 0 Å². The molecule has 142 valence electrons. The molecule has 0 aromatic heterocycles. The van der Waals surface area contributed by atoms with Crippen molar-refractivity contribution in [3.63, 3.8) is 0 Å². The summed E-state index contributed by atoms with van der Waals surface area (Å²) in [5.74, 6) is -2.98. The number of carbonyl (C=O) groups excluding carboxylic acids is 4. The van der Waals surface area contributed by atoms with E-state index in [1.165, 1.54) is 38.1 Å². The quantitative estimate of drug-likeness (QED) is 0.467. The fourth-order valence-corrected chi connectivity index (χ4v) is 2.05. The normalized spacial score (nSPS) is 12.1. The van der Waals surface area contributed by atoms with Crippen LogP contribution in [0.2, 0.25) is 0 Å². The van der Waals surface area contributed by atoms with E-state index in [-0.39, 0.29) is 19.3 Å². The largest absolute Gasteiger partial charge is 0.370 e. The van der Waals surface area contributed by atoms with Crippen molar-refractivity contribution in [3.05, 3.63) is 35.6 Å². The fraction of sp³-hybridized carbons (Fsp3) is 0.412. The van der Waals surface area contributed by atoms with E-state index in [2.05, 4.69) is 10.6 Å². The molecule has 0 spiro atoms. The van der Waals surface area contributed by atoms with Crippen molar-refractivity contribution < 1.29 is 23.6 Å². The zero-order chi connectivity index (χ0) is 19.9. The monoisotopic (exact) mass is 366 g/mol. The van der Waals surface area contributed by atoms with Gasteiger partial charge in [-0.15, -0.1) is 0 Å². The van der Waals surface area contributed by atoms with Gasteiger partial charge in [0.1, 0.15) is 17.4 Å². The summed E-state index contributed by atoms with van der Waals surface area (Å²) < 4.78 is 12.9. The molecule has 0 saturated carbocycles. The van der Waals surface area contributed by atoms with E-state index in [1.807, 2.05) is 0 Å². The maximum absolute atomic E-state index is 12.9. The van der Waals surface area contributed by atoms with E-state index in [4.69, 9.17) is 11.5 Å². The van der Waals surface area contributed by atoms with E-state index in [0.29, 0.717) is 5.56 Å². The molecule has 0 fully saturated rings. The number of carbonyl (C=O) groups is 4. The average molecular weight is 366 g/mol. The Hall–Kier alpha value is -2.97. The fourth-order valence-electron chi connectivity index (χ4n) is 2.05. The van der Waals surface area contributed by atoms with Gasteiger partial charge >= 0.3 is 0 Å². The summed E-state index contributed by atoms with van der Waals surface area (Å²) >= 11 is 0. The van der Waals surface area contributed by atoms with Crippen molar-refractivity contribution in [1.82, 2.24) is 10.6 Å². The molecule has 1 aromatic rings. The maximum Gasteiger partial charge on any atom is 0.243 e. The molecule has 26 heavy (non-hydrogen) atoms. The van der Waals surface area contributed by atoms with Gasteiger partial charge in [0.25, 0.3) is 0 Å². The molecule has 9 heteroatoms. The second-order valence-corrected chi connectivity index (χ2v) is 6.41. The Morgan fingerprint density at radius 3 is 2.19 bits per heavy atom. The highest BCUT2D eigenvalue weighted by atomic mass is 19.1. The van der Waals surface area contributed by atoms with E-state index in [0.717, 1.165) is 0 Å². The van der Waals surface area contributed by atoms with E-state index in [1.54, 1.807) is 0 Å².